The van der Waals surface area contributed by atoms with Gasteiger partial charge in [0.1, 0.15) is 11.6 Å². The van der Waals surface area contributed by atoms with Gasteiger partial charge < -0.3 is 4.74 Å². The maximum atomic E-state index is 13.1. The van der Waals surface area contributed by atoms with Gasteiger partial charge in [0.2, 0.25) is 0 Å². The van der Waals surface area contributed by atoms with Crippen molar-refractivity contribution in [2.24, 2.45) is 5.92 Å². The number of halogens is 2. The predicted molar refractivity (Wildman–Crippen MR) is 78.4 cm³/mol. The zero-order chi connectivity index (χ0) is 15.7. The minimum absolute atomic E-state index is 0.0508. The highest BCUT2D eigenvalue weighted by Gasteiger charge is 2.57. The van der Waals surface area contributed by atoms with Gasteiger partial charge in [-0.05, 0) is 42.3 Å². The highest BCUT2D eigenvalue weighted by molar-refractivity contribution is 5.80. The topological polar surface area (TPSA) is 26.3 Å². The van der Waals surface area contributed by atoms with E-state index in [1.807, 2.05) is 0 Å². The number of carbonyl (C=O) groups is 1. The summed E-state index contributed by atoms with van der Waals surface area (Å²) >= 11 is 0. The first kappa shape index (κ1) is 14.7. The van der Waals surface area contributed by atoms with E-state index in [0.29, 0.717) is 6.61 Å². The molecule has 1 aliphatic carbocycles. The van der Waals surface area contributed by atoms with Gasteiger partial charge in [0, 0.05) is 11.8 Å². The van der Waals surface area contributed by atoms with Crippen molar-refractivity contribution in [3.05, 3.63) is 71.3 Å². The summed E-state index contributed by atoms with van der Waals surface area (Å²) in [6.45, 7) is 2.09. The highest BCUT2D eigenvalue weighted by Crippen LogP contribution is 2.60. The highest BCUT2D eigenvalue weighted by atomic mass is 19.1. The molecule has 22 heavy (non-hydrogen) atoms. The standard InChI is InChI=1S/C18H16F2O2/c1-2-22-18(21)17-15(11-3-7-13(19)8-4-11)16(17)12-5-9-14(20)10-6-12/h3-10,15-17H,2H2,1H3. The molecule has 3 rings (SSSR count). The van der Waals surface area contributed by atoms with Crippen LogP contribution in [0.25, 0.3) is 0 Å². The van der Waals surface area contributed by atoms with Gasteiger partial charge >= 0.3 is 5.97 Å². The van der Waals surface area contributed by atoms with Gasteiger partial charge in [-0.15, -0.1) is 0 Å². The smallest absolute Gasteiger partial charge is 0.310 e. The van der Waals surface area contributed by atoms with Crippen LogP contribution in [0.2, 0.25) is 0 Å². The Bertz CT molecular complexity index is 613. The minimum atomic E-state index is -0.310. The molecule has 1 fully saturated rings. The molecule has 2 aromatic carbocycles. The van der Waals surface area contributed by atoms with Crippen molar-refractivity contribution < 1.29 is 18.3 Å². The van der Waals surface area contributed by atoms with Crippen LogP contribution >= 0.6 is 0 Å². The molecule has 1 saturated carbocycles. The third-order valence-electron chi connectivity index (χ3n) is 4.09. The number of benzene rings is 2. The summed E-state index contributed by atoms with van der Waals surface area (Å²) in [5, 5.41) is 0. The molecule has 0 saturated heterocycles. The van der Waals surface area contributed by atoms with Gasteiger partial charge in [0.15, 0.2) is 0 Å². The van der Waals surface area contributed by atoms with Crippen LogP contribution in [0, 0.1) is 17.6 Å². The Balaban J connectivity index is 1.90. The first-order valence-electron chi connectivity index (χ1n) is 7.29. The second-order valence-electron chi connectivity index (χ2n) is 5.43. The third-order valence-corrected chi connectivity index (χ3v) is 4.09. The third kappa shape index (κ3) is 2.73. The maximum Gasteiger partial charge on any atom is 0.310 e. The average molecular weight is 302 g/mol. The fourth-order valence-corrected chi connectivity index (χ4v) is 3.04. The Morgan fingerprint density at radius 1 is 0.909 bits per heavy atom. The lowest BCUT2D eigenvalue weighted by Crippen LogP contribution is -2.08. The summed E-state index contributed by atoms with van der Waals surface area (Å²) in [7, 11) is 0. The largest absolute Gasteiger partial charge is 0.466 e. The molecule has 1 aliphatic rings. The van der Waals surface area contributed by atoms with Crippen molar-refractivity contribution in [1.82, 2.24) is 0 Å². The Kier molecular flexibility index (Phi) is 3.92. The molecular weight excluding hydrogens is 286 g/mol. The van der Waals surface area contributed by atoms with Crippen LogP contribution < -0.4 is 0 Å². The number of hydrogen-bond donors (Lipinski definition) is 0. The molecule has 2 unspecified atom stereocenters. The fraction of sp³-hybridized carbons (Fsp3) is 0.278. The summed E-state index contributed by atoms with van der Waals surface area (Å²) in [4.78, 5) is 12.1. The summed E-state index contributed by atoms with van der Waals surface area (Å²) < 4.78 is 31.3. The monoisotopic (exact) mass is 302 g/mol. The SMILES string of the molecule is CCOC(=O)C1C(c2ccc(F)cc2)C1c1ccc(F)cc1. The molecule has 4 heteroatoms. The molecule has 0 spiro atoms. The van der Waals surface area contributed by atoms with E-state index >= 15 is 0 Å². The number of hydrogen-bond acceptors (Lipinski definition) is 2. The van der Waals surface area contributed by atoms with E-state index in [9.17, 15) is 13.6 Å². The first-order valence-corrected chi connectivity index (χ1v) is 7.29. The number of ether oxygens (including phenoxy) is 1. The fourth-order valence-electron chi connectivity index (χ4n) is 3.04. The van der Waals surface area contributed by atoms with Crippen molar-refractivity contribution in [3.63, 3.8) is 0 Å². The van der Waals surface area contributed by atoms with E-state index < -0.39 is 0 Å². The Morgan fingerprint density at radius 2 is 1.32 bits per heavy atom. The first-order chi connectivity index (χ1) is 10.6. The summed E-state index contributed by atoms with van der Waals surface area (Å²) in [5.41, 5.74) is 1.79. The van der Waals surface area contributed by atoms with Crippen molar-refractivity contribution in [2.45, 2.75) is 18.8 Å². The normalized spacial score (nSPS) is 23.1. The molecule has 0 amide bonds. The molecular formula is C18H16F2O2. The molecule has 2 atom stereocenters. The second kappa shape index (κ2) is 5.87. The van der Waals surface area contributed by atoms with Crippen LogP contribution in [-0.4, -0.2) is 12.6 Å². The quantitative estimate of drug-likeness (QED) is 0.797. The van der Waals surface area contributed by atoms with Crippen molar-refractivity contribution in [1.29, 1.82) is 0 Å². The zero-order valence-electron chi connectivity index (χ0n) is 12.1. The van der Waals surface area contributed by atoms with E-state index in [0.717, 1.165) is 11.1 Å². The molecule has 0 bridgehead atoms. The lowest BCUT2D eigenvalue weighted by Gasteiger charge is -2.01. The molecule has 0 aliphatic heterocycles. The lowest BCUT2D eigenvalue weighted by molar-refractivity contribution is -0.144. The zero-order valence-corrected chi connectivity index (χ0v) is 12.1. The molecule has 0 N–H and O–H groups in total. The van der Waals surface area contributed by atoms with E-state index in [2.05, 4.69) is 0 Å². The van der Waals surface area contributed by atoms with Gasteiger partial charge in [-0.1, -0.05) is 24.3 Å². The van der Waals surface area contributed by atoms with Crippen molar-refractivity contribution >= 4 is 5.97 Å². The molecule has 0 radical (unpaired) electrons. The molecule has 2 nitrogen and oxygen atoms in total. The van der Waals surface area contributed by atoms with E-state index in [-0.39, 0.29) is 35.4 Å². The van der Waals surface area contributed by atoms with Crippen LogP contribution in [0.15, 0.2) is 48.5 Å². The average Bonchev–Trinajstić information content (AvgIpc) is 3.24. The van der Waals surface area contributed by atoms with Crippen LogP contribution in [0.4, 0.5) is 8.78 Å². The Hall–Kier alpha value is -2.23. The summed E-state index contributed by atoms with van der Waals surface area (Å²) in [6.07, 6.45) is 0. The molecule has 0 heterocycles. The Morgan fingerprint density at radius 3 is 1.68 bits per heavy atom. The van der Waals surface area contributed by atoms with Crippen molar-refractivity contribution in [2.75, 3.05) is 6.61 Å². The molecule has 0 aromatic heterocycles. The van der Waals surface area contributed by atoms with Gasteiger partial charge in [-0.25, -0.2) is 8.78 Å². The van der Waals surface area contributed by atoms with Crippen LogP contribution in [0.1, 0.15) is 29.9 Å². The van der Waals surface area contributed by atoms with E-state index in [1.54, 1.807) is 31.2 Å². The summed E-state index contributed by atoms with van der Waals surface area (Å²) in [6, 6.07) is 12.3. The van der Waals surface area contributed by atoms with Crippen LogP contribution in [-0.2, 0) is 9.53 Å². The summed E-state index contributed by atoms with van der Waals surface area (Å²) in [5.74, 6) is -1.27. The van der Waals surface area contributed by atoms with Gasteiger partial charge in [-0.2, -0.15) is 0 Å². The van der Waals surface area contributed by atoms with Gasteiger partial charge in [-0.3, -0.25) is 4.79 Å². The second-order valence-corrected chi connectivity index (χ2v) is 5.43. The molecule has 2 aromatic rings. The molecule has 114 valence electrons. The van der Waals surface area contributed by atoms with E-state index in [1.165, 1.54) is 24.3 Å². The number of carbonyl (C=O) groups excluding carboxylic acids is 1. The predicted octanol–water partition coefficient (Wildman–Crippen LogP) is 4.03. The van der Waals surface area contributed by atoms with Crippen LogP contribution in [0.3, 0.4) is 0 Å². The van der Waals surface area contributed by atoms with Crippen molar-refractivity contribution in [3.8, 4) is 0 Å². The van der Waals surface area contributed by atoms with Gasteiger partial charge in [0.05, 0.1) is 12.5 Å². The number of rotatable bonds is 4. The van der Waals surface area contributed by atoms with E-state index in [4.69, 9.17) is 4.74 Å². The maximum absolute atomic E-state index is 13.1. The number of esters is 1. The minimum Gasteiger partial charge on any atom is -0.466 e. The van der Waals surface area contributed by atoms with Gasteiger partial charge in [0.25, 0.3) is 0 Å². The lowest BCUT2D eigenvalue weighted by atomic mass is 10.0. The van der Waals surface area contributed by atoms with Crippen LogP contribution in [0.5, 0.6) is 0 Å². The Labute approximate surface area is 127 Å².